The smallest absolute Gasteiger partial charge is 0.311 e. The van der Waals surface area contributed by atoms with Crippen LogP contribution in [0.1, 0.15) is 10.4 Å². The topological polar surface area (TPSA) is 60.7 Å². The lowest BCUT2D eigenvalue weighted by molar-refractivity contribution is -0.147. The van der Waals surface area contributed by atoms with E-state index >= 15 is 0 Å². The molecule has 1 aromatic carbocycles. The Morgan fingerprint density at radius 1 is 1.12 bits per heavy atom. The molecule has 1 amide bonds. The molecule has 0 unspecified atom stereocenters. The van der Waals surface area contributed by atoms with Gasteiger partial charge in [-0.2, -0.15) is 4.99 Å². The fourth-order valence-corrected chi connectivity index (χ4v) is 3.84. The zero-order valence-electron chi connectivity index (χ0n) is 13.6. The molecule has 0 bridgehead atoms. The van der Waals surface area contributed by atoms with E-state index in [4.69, 9.17) is 16.3 Å². The maximum absolute atomic E-state index is 12.0. The minimum absolute atomic E-state index is 0.163. The minimum Gasteiger partial charge on any atom is -0.455 e. The van der Waals surface area contributed by atoms with Crippen LogP contribution in [-0.4, -0.2) is 23.1 Å². The zero-order chi connectivity index (χ0) is 18.4. The van der Waals surface area contributed by atoms with Gasteiger partial charge in [0, 0.05) is 21.5 Å². The molecule has 8 heteroatoms. The van der Waals surface area contributed by atoms with E-state index in [1.165, 1.54) is 22.7 Å². The molecule has 0 atom stereocenters. The Labute approximate surface area is 163 Å². The van der Waals surface area contributed by atoms with Crippen LogP contribution in [0.2, 0.25) is 5.02 Å². The highest BCUT2D eigenvalue weighted by Crippen LogP contribution is 2.15. The van der Waals surface area contributed by atoms with Gasteiger partial charge in [0.15, 0.2) is 11.4 Å². The third-order valence-corrected chi connectivity index (χ3v) is 5.47. The number of benzene rings is 1. The fraction of sp³-hybridized carbons (Fsp3) is 0.167. The summed E-state index contributed by atoms with van der Waals surface area (Å²) < 4.78 is 6.83. The average molecular weight is 407 g/mol. The van der Waals surface area contributed by atoms with Crippen molar-refractivity contribution in [2.24, 2.45) is 4.99 Å². The minimum atomic E-state index is -0.500. The average Bonchev–Trinajstić information content (AvgIpc) is 3.28. The van der Waals surface area contributed by atoms with Crippen LogP contribution in [0.15, 0.2) is 58.3 Å². The molecule has 0 fully saturated rings. The first kappa shape index (κ1) is 18.6. The summed E-state index contributed by atoms with van der Waals surface area (Å²) in [5, 5.41) is 4.38. The van der Waals surface area contributed by atoms with Crippen molar-refractivity contribution in [1.29, 1.82) is 0 Å². The molecule has 5 nitrogen and oxygen atoms in total. The maximum atomic E-state index is 12.0. The number of rotatable bonds is 6. The summed E-state index contributed by atoms with van der Waals surface area (Å²) in [6.45, 7) is 0.141. The van der Waals surface area contributed by atoms with Crippen molar-refractivity contribution in [3.8, 4) is 0 Å². The molecule has 3 rings (SSSR count). The Balaban J connectivity index is 1.61. The number of amides is 1. The summed E-state index contributed by atoms with van der Waals surface area (Å²) >= 11 is 8.98. The van der Waals surface area contributed by atoms with Crippen LogP contribution in [-0.2, 0) is 27.3 Å². The molecule has 0 radical (unpaired) electrons. The summed E-state index contributed by atoms with van der Waals surface area (Å²) in [5.41, 5.74) is 0.934. The van der Waals surface area contributed by atoms with Crippen molar-refractivity contribution in [2.75, 3.05) is 6.61 Å². The number of thiazole rings is 1. The van der Waals surface area contributed by atoms with Gasteiger partial charge in [0.05, 0.1) is 13.0 Å². The number of halogens is 1. The van der Waals surface area contributed by atoms with Crippen LogP contribution >= 0.6 is 34.3 Å². The molecule has 0 saturated carbocycles. The van der Waals surface area contributed by atoms with Gasteiger partial charge in [0.25, 0.3) is 5.91 Å². The lowest BCUT2D eigenvalue weighted by atomic mass is 10.2. The maximum Gasteiger partial charge on any atom is 0.311 e. The quantitative estimate of drug-likeness (QED) is 0.588. The molecule has 2 heterocycles. The molecule has 0 aliphatic heterocycles. The summed E-state index contributed by atoms with van der Waals surface area (Å²) in [5.74, 6) is -0.939. The Morgan fingerprint density at radius 2 is 1.96 bits per heavy atom. The van der Waals surface area contributed by atoms with Crippen molar-refractivity contribution in [1.82, 2.24) is 4.57 Å². The lowest BCUT2D eigenvalue weighted by Crippen LogP contribution is -2.20. The van der Waals surface area contributed by atoms with Crippen LogP contribution in [0.3, 0.4) is 0 Å². The summed E-state index contributed by atoms with van der Waals surface area (Å²) in [6, 6.07) is 11.2. The van der Waals surface area contributed by atoms with Crippen LogP contribution in [0.4, 0.5) is 0 Å². The van der Waals surface area contributed by atoms with Gasteiger partial charge in [-0.15, -0.1) is 22.7 Å². The van der Waals surface area contributed by atoms with Crippen LogP contribution < -0.4 is 4.80 Å². The number of thiophene rings is 1. The number of esters is 1. The SMILES string of the molecule is O=C(COC(=O)Cc1cccs1)N=c1sccn1Cc1ccccc1Cl. The second kappa shape index (κ2) is 8.93. The van der Waals surface area contributed by atoms with E-state index in [0.29, 0.717) is 16.4 Å². The molecule has 2 aromatic heterocycles. The van der Waals surface area contributed by atoms with Crippen molar-refractivity contribution in [3.63, 3.8) is 0 Å². The highest BCUT2D eigenvalue weighted by atomic mass is 35.5. The van der Waals surface area contributed by atoms with Gasteiger partial charge < -0.3 is 9.30 Å². The van der Waals surface area contributed by atoms with Crippen molar-refractivity contribution in [3.05, 3.63) is 73.6 Å². The Bertz CT molecular complexity index is 961. The molecule has 0 aliphatic rings. The van der Waals surface area contributed by atoms with Crippen LogP contribution in [0, 0.1) is 0 Å². The predicted molar refractivity (Wildman–Crippen MR) is 102 cm³/mol. The highest BCUT2D eigenvalue weighted by molar-refractivity contribution is 7.10. The molecule has 134 valence electrons. The first-order valence-corrected chi connectivity index (χ1v) is 9.88. The summed E-state index contributed by atoms with van der Waals surface area (Å²) in [7, 11) is 0. The Kier molecular flexibility index (Phi) is 6.38. The Hall–Kier alpha value is -2.22. The third kappa shape index (κ3) is 5.14. The number of nitrogens with zero attached hydrogens (tertiary/aromatic N) is 2. The van der Waals surface area contributed by atoms with E-state index in [-0.39, 0.29) is 13.0 Å². The van der Waals surface area contributed by atoms with Gasteiger partial charge >= 0.3 is 5.97 Å². The van der Waals surface area contributed by atoms with Gasteiger partial charge in [-0.25, -0.2) is 0 Å². The molecular weight excluding hydrogens is 392 g/mol. The Morgan fingerprint density at radius 3 is 2.73 bits per heavy atom. The second-order valence-electron chi connectivity index (χ2n) is 5.33. The first-order valence-electron chi connectivity index (χ1n) is 7.75. The normalized spacial score (nSPS) is 11.5. The summed E-state index contributed by atoms with van der Waals surface area (Å²) in [6.07, 6.45) is 2.00. The molecule has 0 aliphatic carbocycles. The van der Waals surface area contributed by atoms with E-state index < -0.39 is 11.9 Å². The van der Waals surface area contributed by atoms with Gasteiger partial charge in [-0.1, -0.05) is 35.9 Å². The molecule has 0 N–H and O–H groups in total. The van der Waals surface area contributed by atoms with Gasteiger partial charge in [0.1, 0.15) is 0 Å². The predicted octanol–water partition coefficient (Wildman–Crippen LogP) is 3.53. The largest absolute Gasteiger partial charge is 0.455 e. The third-order valence-electron chi connectivity index (χ3n) is 3.43. The van der Waals surface area contributed by atoms with E-state index in [2.05, 4.69) is 4.99 Å². The number of ether oxygens (including phenoxy) is 1. The van der Waals surface area contributed by atoms with E-state index in [0.717, 1.165) is 10.4 Å². The van der Waals surface area contributed by atoms with E-state index in [9.17, 15) is 9.59 Å². The first-order chi connectivity index (χ1) is 12.6. The fourth-order valence-electron chi connectivity index (χ4n) is 2.20. The number of hydrogen-bond donors (Lipinski definition) is 0. The molecule has 3 aromatic rings. The van der Waals surface area contributed by atoms with Crippen LogP contribution in [0.5, 0.6) is 0 Å². The van der Waals surface area contributed by atoms with E-state index in [1.807, 2.05) is 57.9 Å². The molecule has 26 heavy (non-hydrogen) atoms. The van der Waals surface area contributed by atoms with Gasteiger partial charge in [-0.05, 0) is 23.1 Å². The zero-order valence-corrected chi connectivity index (χ0v) is 16.0. The van der Waals surface area contributed by atoms with Crippen molar-refractivity contribution < 1.29 is 14.3 Å². The van der Waals surface area contributed by atoms with Gasteiger partial charge in [-0.3, -0.25) is 9.59 Å². The number of hydrogen-bond acceptors (Lipinski definition) is 5. The monoisotopic (exact) mass is 406 g/mol. The van der Waals surface area contributed by atoms with E-state index in [1.54, 1.807) is 0 Å². The number of carbonyl (C=O) groups is 2. The number of aromatic nitrogens is 1. The molecule has 0 saturated heterocycles. The van der Waals surface area contributed by atoms with Gasteiger partial charge in [0.2, 0.25) is 0 Å². The highest BCUT2D eigenvalue weighted by Gasteiger charge is 2.09. The second-order valence-corrected chi connectivity index (χ2v) is 7.64. The van der Waals surface area contributed by atoms with Crippen LogP contribution in [0.25, 0.3) is 0 Å². The molecule has 0 spiro atoms. The number of carbonyl (C=O) groups excluding carboxylic acids is 2. The van der Waals surface area contributed by atoms with Crippen molar-refractivity contribution in [2.45, 2.75) is 13.0 Å². The van der Waals surface area contributed by atoms with Crippen molar-refractivity contribution >= 4 is 46.2 Å². The summed E-state index contributed by atoms with van der Waals surface area (Å²) in [4.78, 5) is 29.2. The lowest BCUT2D eigenvalue weighted by Gasteiger charge is -2.05. The molecular formula is C18H15ClN2O3S2. The standard InChI is InChI=1S/C18H15ClN2O3S2/c19-15-6-2-1-4-13(15)11-21-7-9-26-18(21)20-16(22)12-24-17(23)10-14-5-3-8-25-14/h1-9H,10-12H2.